The van der Waals surface area contributed by atoms with Crippen LogP contribution in [0.1, 0.15) is 12.0 Å². The van der Waals surface area contributed by atoms with Gasteiger partial charge in [-0.25, -0.2) is 17.2 Å². The molecule has 4 nitrogen and oxygen atoms in total. The summed E-state index contributed by atoms with van der Waals surface area (Å²) in [5, 5.41) is 6.49. The molecule has 1 N–H and O–H groups in total. The van der Waals surface area contributed by atoms with E-state index in [0.717, 1.165) is 12.3 Å². The summed E-state index contributed by atoms with van der Waals surface area (Å²) < 4.78 is 47.9. The Balaban J connectivity index is 2.84. The van der Waals surface area contributed by atoms with Crippen LogP contribution < -0.4 is 0 Å². The number of sulfone groups is 1. The quantitative estimate of drug-likeness (QED) is 0.880. The maximum absolute atomic E-state index is 12.5. The Hall–Kier alpha value is -1.50. The van der Waals surface area contributed by atoms with Crippen LogP contribution in [0.4, 0.5) is 8.78 Å². The molecule has 86 valence electrons. The van der Waals surface area contributed by atoms with Crippen LogP contribution in [0, 0.1) is 0 Å². The van der Waals surface area contributed by atoms with Gasteiger partial charge < -0.3 is 0 Å². The Morgan fingerprint density at radius 2 is 2.06 bits per heavy atom. The van der Waals surface area contributed by atoms with Gasteiger partial charge in [0.1, 0.15) is 0 Å². The number of halogens is 2. The first-order valence-electron chi connectivity index (χ1n) is 4.35. The molecule has 0 saturated carbocycles. The average molecular weight is 246 g/mol. The fraction of sp³-hybridized carbons (Fsp3) is 0.222. The highest BCUT2D eigenvalue weighted by molar-refractivity contribution is 7.91. The Morgan fingerprint density at radius 3 is 2.62 bits per heavy atom. The lowest BCUT2D eigenvalue weighted by Crippen LogP contribution is -2.00. The fourth-order valence-electron chi connectivity index (χ4n) is 1.47. The van der Waals surface area contributed by atoms with Gasteiger partial charge in [-0.1, -0.05) is 0 Å². The second-order valence-electron chi connectivity index (χ2n) is 3.43. The molecule has 1 aromatic carbocycles. The summed E-state index contributed by atoms with van der Waals surface area (Å²) in [6.45, 7) is 0. The molecule has 2 aromatic rings. The van der Waals surface area contributed by atoms with Crippen molar-refractivity contribution in [3.05, 3.63) is 23.9 Å². The van der Waals surface area contributed by atoms with Crippen LogP contribution in [0.5, 0.6) is 0 Å². The number of aromatic nitrogens is 2. The van der Waals surface area contributed by atoms with E-state index in [2.05, 4.69) is 10.2 Å². The highest BCUT2D eigenvalue weighted by Gasteiger charge is 2.18. The summed E-state index contributed by atoms with van der Waals surface area (Å²) in [6.07, 6.45) is -0.423. The molecule has 0 aliphatic rings. The normalized spacial score (nSPS) is 12.5. The number of benzene rings is 1. The van der Waals surface area contributed by atoms with Crippen molar-refractivity contribution in [3.8, 4) is 0 Å². The highest BCUT2D eigenvalue weighted by atomic mass is 32.2. The second-order valence-corrected chi connectivity index (χ2v) is 5.41. The highest BCUT2D eigenvalue weighted by Crippen LogP contribution is 2.28. The van der Waals surface area contributed by atoms with Gasteiger partial charge >= 0.3 is 0 Å². The third-order valence-electron chi connectivity index (χ3n) is 2.19. The lowest BCUT2D eigenvalue weighted by molar-refractivity contribution is 0.151. The van der Waals surface area contributed by atoms with Gasteiger partial charge in [-0.2, -0.15) is 5.10 Å². The van der Waals surface area contributed by atoms with Crippen LogP contribution in [0.25, 0.3) is 10.9 Å². The van der Waals surface area contributed by atoms with E-state index in [1.807, 2.05) is 0 Å². The van der Waals surface area contributed by atoms with E-state index >= 15 is 0 Å². The summed E-state index contributed by atoms with van der Waals surface area (Å²) in [5.41, 5.74) is -0.0683. The van der Waals surface area contributed by atoms with Crippen molar-refractivity contribution in [2.24, 2.45) is 0 Å². The monoisotopic (exact) mass is 246 g/mol. The predicted molar refractivity (Wildman–Crippen MR) is 54.2 cm³/mol. The van der Waals surface area contributed by atoms with Crippen LogP contribution in [0.3, 0.4) is 0 Å². The summed E-state index contributed by atoms with van der Waals surface area (Å²) in [6, 6.07) is 2.19. The Bertz CT molecular complexity index is 634. The largest absolute Gasteiger partial charge is 0.276 e. The van der Waals surface area contributed by atoms with E-state index in [1.165, 1.54) is 12.3 Å². The van der Waals surface area contributed by atoms with Crippen molar-refractivity contribution < 1.29 is 17.2 Å². The number of fused-ring (bicyclic) bond motifs is 1. The smallest absolute Gasteiger partial charge is 0.263 e. The van der Waals surface area contributed by atoms with E-state index in [9.17, 15) is 17.2 Å². The summed E-state index contributed by atoms with van der Waals surface area (Å²) in [4.78, 5) is -0.155. The molecule has 7 heteroatoms. The molecule has 0 amide bonds. The molecule has 0 bridgehead atoms. The number of aromatic amines is 1. The van der Waals surface area contributed by atoms with E-state index < -0.39 is 16.3 Å². The zero-order chi connectivity index (χ0) is 11.9. The minimum atomic E-state index is -3.56. The SMILES string of the molecule is CS(=O)(=O)c1cc(C(F)F)cc2cn[nH]c12. The van der Waals surface area contributed by atoms with Gasteiger partial charge in [0.05, 0.1) is 16.6 Å². The van der Waals surface area contributed by atoms with Crippen molar-refractivity contribution >= 4 is 20.7 Å². The van der Waals surface area contributed by atoms with Gasteiger partial charge in [0.2, 0.25) is 0 Å². The Morgan fingerprint density at radius 1 is 1.38 bits per heavy atom. The van der Waals surface area contributed by atoms with Gasteiger partial charge in [-0.15, -0.1) is 0 Å². The van der Waals surface area contributed by atoms with Crippen molar-refractivity contribution in [3.63, 3.8) is 0 Å². The first-order chi connectivity index (χ1) is 7.39. The molecule has 16 heavy (non-hydrogen) atoms. The molecule has 1 aromatic heterocycles. The van der Waals surface area contributed by atoms with Crippen molar-refractivity contribution in [1.29, 1.82) is 0 Å². The van der Waals surface area contributed by atoms with Crippen molar-refractivity contribution in [1.82, 2.24) is 10.2 Å². The molecule has 0 aliphatic heterocycles. The maximum Gasteiger partial charge on any atom is 0.263 e. The van der Waals surface area contributed by atoms with Gasteiger partial charge in [0, 0.05) is 17.2 Å². The molecule has 0 fully saturated rings. The first kappa shape index (κ1) is 11.0. The van der Waals surface area contributed by atoms with Crippen molar-refractivity contribution in [2.45, 2.75) is 11.3 Å². The van der Waals surface area contributed by atoms with E-state index in [-0.39, 0.29) is 16.0 Å². The zero-order valence-corrected chi connectivity index (χ0v) is 9.05. The number of alkyl halides is 2. The Labute approximate surface area is 90.2 Å². The molecular weight excluding hydrogens is 238 g/mol. The third-order valence-corrected chi connectivity index (χ3v) is 3.31. The van der Waals surface area contributed by atoms with Crippen LogP contribution >= 0.6 is 0 Å². The third kappa shape index (κ3) is 1.78. The molecule has 0 saturated heterocycles. The molecular formula is C9H8F2N2O2S. The van der Waals surface area contributed by atoms with E-state index in [0.29, 0.717) is 5.39 Å². The Kier molecular flexibility index (Phi) is 2.42. The second kappa shape index (κ2) is 3.51. The van der Waals surface area contributed by atoms with Crippen LogP contribution in [0.2, 0.25) is 0 Å². The van der Waals surface area contributed by atoms with Crippen LogP contribution in [-0.2, 0) is 9.84 Å². The van der Waals surface area contributed by atoms with Gasteiger partial charge in [0.25, 0.3) is 6.43 Å². The van der Waals surface area contributed by atoms with E-state index in [4.69, 9.17) is 0 Å². The fourth-order valence-corrected chi connectivity index (χ4v) is 2.35. The molecule has 0 aliphatic carbocycles. The molecule has 0 atom stereocenters. The number of hydrogen-bond donors (Lipinski definition) is 1. The summed E-state index contributed by atoms with van der Waals surface area (Å²) in [7, 11) is -3.56. The first-order valence-corrected chi connectivity index (χ1v) is 6.24. The maximum atomic E-state index is 12.5. The average Bonchev–Trinajstić information content (AvgIpc) is 2.61. The van der Waals surface area contributed by atoms with Gasteiger partial charge in [-0.05, 0) is 12.1 Å². The lowest BCUT2D eigenvalue weighted by Gasteiger charge is -2.04. The minimum absolute atomic E-state index is 0.155. The van der Waals surface area contributed by atoms with Gasteiger partial charge in [-0.3, -0.25) is 5.10 Å². The number of H-pyrrole nitrogens is 1. The van der Waals surface area contributed by atoms with Crippen LogP contribution in [0.15, 0.2) is 23.2 Å². The zero-order valence-electron chi connectivity index (χ0n) is 8.24. The van der Waals surface area contributed by atoms with E-state index in [1.54, 1.807) is 0 Å². The lowest BCUT2D eigenvalue weighted by atomic mass is 10.2. The molecule has 1 heterocycles. The number of nitrogens with zero attached hydrogens (tertiary/aromatic N) is 1. The van der Waals surface area contributed by atoms with Crippen LogP contribution in [-0.4, -0.2) is 24.9 Å². The minimum Gasteiger partial charge on any atom is -0.276 e. The number of nitrogens with one attached hydrogen (secondary N) is 1. The summed E-state index contributed by atoms with van der Waals surface area (Å²) >= 11 is 0. The standard InChI is InChI=1S/C9H8F2N2O2S/c1-16(14,15)7-3-5(9(10)11)2-6-4-12-13-8(6)7/h2-4,9H,1H3,(H,12,13). The molecule has 2 rings (SSSR count). The summed E-state index contributed by atoms with van der Waals surface area (Å²) in [5.74, 6) is 0. The number of rotatable bonds is 2. The predicted octanol–water partition coefficient (Wildman–Crippen LogP) is 1.90. The number of hydrogen-bond acceptors (Lipinski definition) is 3. The molecule has 0 radical (unpaired) electrons. The molecule has 0 unspecified atom stereocenters. The van der Waals surface area contributed by atoms with Gasteiger partial charge in [0.15, 0.2) is 9.84 Å². The topological polar surface area (TPSA) is 62.8 Å². The molecule has 0 spiro atoms. The van der Waals surface area contributed by atoms with Crippen molar-refractivity contribution in [2.75, 3.05) is 6.26 Å².